The Balaban J connectivity index is 1.18. The number of imidazole rings is 1. The molecule has 3 heterocycles. The summed E-state index contributed by atoms with van der Waals surface area (Å²) in [7, 11) is 0. The van der Waals surface area contributed by atoms with Crippen LogP contribution in [0.3, 0.4) is 0 Å². The van der Waals surface area contributed by atoms with Crippen LogP contribution in [0.25, 0.3) is 11.0 Å². The Hall–Kier alpha value is -3.55. The first-order chi connectivity index (χ1) is 14.7. The number of H-pyrrole nitrogens is 1. The summed E-state index contributed by atoms with van der Waals surface area (Å²) >= 11 is 0. The van der Waals surface area contributed by atoms with E-state index in [1.54, 1.807) is 17.0 Å². The van der Waals surface area contributed by atoms with E-state index in [1.165, 1.54) is 0 Å². The molecule has 1 unspecified atom stereocenters. The molecule has 1 fully saturated rings. The van der Waals surface area contributed by atoms with Gasteiger partial charge in [-0.2, -0.15) is 0 Å². The van der Waals surface area contributed by atoms with Crippen molar-refractivity contribution in [3.8, 4) is 11.5 Å². The minimum absolute atomic E-state index is 0.0656. The first-order valence-electron chi connectivity index (χ1n) is 10.1. The van der Waals surface area contributed by atoms with E-state index < -0.39 is 0 Å². The van der Waals surface area contributed by atoms with Gasteiger partial charge in [0.2, 0.25) is 11.8 Å². The Morgan fingerprint density at radius 1 is 1.17 bits per heavy atom. The molecule has 8 nitrogen and oxygen atoms in total. The van der Waals surface area contributed by atoms with Crippen molar-refractivity contribution in [2.75, 3.05) is 31.2 Å². The summed E-state index contributed by atoms with van der Waals surface area (Å²) in [6.07, 6.45) is 0.803. The van der Waals surface area contributed by atoms with E-state index in [2.05, 4.69) is 15.3 Å². The number of para-hydroxylation sites is 2. The first kappa shape index (κ1) is 18.5. The molecule has 8 heteroatoms. The number of nitrogens with zero attached hydrogens (tertiary/aromatic N) is 2. The average Bonchev–Trinajstić information content (AvgIpc) is 3.36. The van der Waals surface area contributed by atoms with Crippen LogP contribution in [0, 0.1) is 5.92 Å². The predicted octanol–water partition coefficient (Wildman–Crippen LogP) is 2.05. The van der Waals surface area contributed by atoms with Crippen molar-refractivity contribution in [2.24, 2.45) is 5.92 Å². The van der Waals surface area contributed by atoms with Gasteiger partial charge in [-0.25, -0.2) is 4.98 Å². The molecular weight excluding hydrogens is 384 g/mol. The van der Waals surface area contributed by atoms with E-state index in [1.807, 2.05) is 30.3 Å². The molecule has 1 atom stereocenters. The Morgan fingerprint density at radius 3 is 2.87 bits per heavy atom. The van der Waals surface area contributed by atoms with Crippen LogP contribution in [-0.4, -0.2) is 48.1 Å². The second kappa shape index (κ2) is 7.70. The number of aromatic nitrogens is 2. The summed E-state index contributed by atoms with van der Waals surface area (Å²) in [6, 6.07) is 13.3. The fraction of sp³-hybridized carbons (Fsp3) is 0.318. The molecule has 1 saturated heterocycles. The Labute approximate surface area is 173 Å². The number of anilines is 1. The fourth-order valence-electron chi connectivity index (χ4n) is 3.91. The first-order valence-corrected chi connectivity index (χ1v) is 10.1. The van der Waals surface area contributed by atoms with E-state index in [0.29, 0.717) is 44.2 Å². The molecule has 0 saturated carbocycles. The van der Waals surface area contributed by atoms with E-state index in [9.17, 15) is 9.59 Å². The van der Waals surface area contributed by atoms with E-state index in [-0.39, 0.29) is 24.2 Å². The third-order valence-corrected chi connectivity index (χ3v) is 5.43. The molecule has 154 valence electrons. The maximum absolute atomic E-state index is 12.6. The molecule has 0 radical (unpaired) electrons. The third kappa shape index (κ3) is 3.56. The minimum Gasteiger partial charge on any atom is -0.486 e. The number of hydrogen-bond donors (Lipinski definition) is 2. The summed E-state index contributed by atoms with van der Waals surface area (Å²) in [5, 5.41) is 2.94. The molecule has 1 aromatic heterocycles. The molecule has 5 rings (SSSR count). The van der Waals surface area contributed by atoms with Crippen LogP contribution in [0.1, 0.15) is 12.2 Å². The molecule has 2 aliphatic heterocycles. The quantitative estimate of drug-likeness (QED) is 0.676. The van der Waals surface area contributed by atoms with Gasteiger partial charge in [-0.05, 0) is 24.3 Å². The maximum Gasteiger partial charge on any atom is 0.227 e. The number of nitrogens with one attached hydrogen (secondary N) is 2. The molecule has 2 aliphatic rings. The van der Waals surface area contributed by atoms with Crippen LogP contribution in [-0.2, 0) is 16.0 Å². The second-order valence-corrected chi connectivity index (χ2v) is 7.48. The topological polar surface area (TPSA) is 96.5 Å². The van der Waals surface area contributed by atoms with Gasteiger partial charge < -0.3 is 24.7 Å². The van der Waals surface area contributed by atoms with Gasteiger partial charge in [0.1, 0.15) is 19.0 Å². The highest BCUT2D eigenvalue weighted by Crippen LogP contribution is 2.35. The van der Waals surface area contributed by atoms with Crippen molar-refractivity contribution in [3.63, 3.8) is 0 Å². The molecule has 0 bridgehead atoms. The molecule has 2 N–H and O–H groups in total. The highest BCUT2D eigenvalue weighted by Gasteiger charge is 2.35. The lowest BCUT2D eigenvalue weighted by atomic mass is 10.1. The monoisotopic (exact) mass is 406 g/mol. The van der Waals surface area contributed by atoms with Crippen LogP contribution in [0.5, 0.6) is 11.5 Å². The van der Waals surface area contributed by atoms with Gasteiger partial charge in [-0.1, -0.05) is 12.1 Å². The van der Waals surface area contributed by atoms with Crippen molar-refractivity contribution >= 4 is 28.5 Å². The molecule has 30 heavy (non-hydrogen) atoms. The van der Waals surface area contributed by atoms with Crippen molar-refractivity contribution in [3.05, 3.63) is 48.3 Å². The number of ether oxygens (including phenoxy) is 2. The lowest BCUT2D eigenvalue weighted by molar-refractivity contribution is -0.126. The Bertz CT molecular complexity index is 1080. The molecule has 3 aromatic rings. The largest absolute Gasteiger partial charge is 0.486 e. The lowest BCUT2D eigenvalue weighted by Gasteiger charge is -2.22. The van der Waals surface area contributed by atoms with Crippen molar-refractivity contribution in [2.45, 2.75) is 12.8 Å². The minimum atomic E-state index is -0.374. The summed E-state index contributed by atoms with van der Waals surface area (Å²) in [5.41, 5.74) is 2.62. The molecule has 2 aromatic carbocycles. The third-order valence-electron chi connectivity index (χ3n) is 5.43. The summed E-state index contributed by atoms with van der Waals surface area (Å²) < 4.78 is 11.1. The van der Waals surface area contributed by atoms with Gasteiger partial charge in [-0.15, -0.1) is 0 Å². The molecular formula is C22H22N4O4. The number of rotatable bonds is 5. The van der Waals surface area contributed by atoms with Crippen LogP contribution in [0.4, 0.5) is 5.69 Å². The van der Waals surface area contributed by atoms with Crippen LogP contribution in [0.15, 0.2) is 42.5 Å². The van der Waals surface area contributed by atoms with Crippen LogP contribution >= 0.6 is 0 Å². The number of carbonyl (C=O) groups is 2. The SMILES string of the molecule is O=C(NCCc1nc2ccccc2[nH]1)C1CC(=O)N(c2ccc3c(c2)OCCO3)C1. The summed E-state index contributed by atoms with van der Waals surface area (Å²) in [5.74, 6) is 1.59. The zero-order valence-electron chi connectivity index (χ0n) is 16.4. The van der Waals surface area contributed by atoms with Crippen molar-refractivity contribution in [1.82, 2.24) is 15.3 Å². The maximum atomic E-state index is 12.6. The Kier molecular flexibility index (Phi) is 4.74. The number of amides is 2. The smallest absolute Gasteiger partial charge is 0.227 e. The zero-order valence-corrected chi connectivity index (χ0v) is 16.4. The molecule has 0 spiro atoms. The van der Waals surface area contributed by atoms with E-state index in [0.717, 1.165) is 22.5 Å². The van der Waals surface area contributed by atoms with Gasteiger partial charge in [0, 0.05) is 37.7 Å². The van der Waals surface area contributed by atoms with Gasteiger partial charge >= 0.3 is 0 Å². The van der Waals surface area contributed by atoms with Crippen molar-refractivity contribution in [1.29, 1.82) is 0 Å². The van der Waals surface area contributed by atoms with Gasteiger partial charge in [0.15, 0.2) is 11.5 Å². The van der Waals surface area contributed by atoms with Gasteiger partial charge in [0.05, 0.1) is 17.0 Å². The number of hydrogen-bond acceptors (Lipinski definition) is 5. The number of fused-ring (bicyclic) bond motifs is 2. The Morgan fingerprint density at radius 2 is 2.00 bits per heavy atom. The van der Waals surface area contributed by atoms with Crippen LogP contribution in [0.2, 0.25) is 0 Å². The van der Waals surface area contributed by atoms with Gasteiger partial charge in [-0.3, -0.25) is 9.59 Å². The van der Waals surface area contributed by atoms with E-state index >= 15 is 0 Å². The number of aromatic amines is 1. The van der Waals surface area contributed by atoms with Gasteiger partial charge in [0.25, 0.3) is 0 Å². The zero-order chi connectivity index (χ0) is 20.5. The number of benzene rings is 2. The van der Waals surface area contributed by atoms with E-state index in [4.69, 9.17) is 9.47 Å². The standard InChI is InChI=1S/C22H22N4O4/c27-21-11-14(13-26(21)15-5-6-18-19(12-15)30-10-9-29-18)22(28)23-8-7-20-24-16-3-1-2-4-17(16)25-20/h1-6,12,14H,7-11,13H2,(H,23,28)(H,24,25). The average molecular weight is 406 g/mol. The highest BCUT2D eigenvalue weighted by atomic mass is 16.6. The second-order valence-electron chi connectivity index (χ2n) is 7.48. The highest BCUT2D eigenvalue weighted by molar-refractivity contribution is 6.00. The molecule has 0 aliphatic carbocycles. The number of carbonyl (C=O) groups excluding carboxylic acids is 2. The van der Waals surface area contributed by atoms with Crippen LogP contribution < -0.4 is 19.7 Å². The normalized spacial score (nSPS) is 18.1. The molecule has 2 amide bonds. The summed E-state index contributed by atoms with van der Waals surface area (Å²) in [4.78, 5) is 34.5. The lowest BCUT2D eigenvalue weighted by Crippen LogP contribution is -2.34. The fourth-order valence-corrected chi connectivity index (χ4v) is 3.91. The van der Waals surface area contributed by atoms with Crippen molar-refractivity contribution < 1.29 is 19.1 Å². The summed E-state index contributed by atoms with van der Waals surface area (Å²) in [6.45, 7) is 1.83. The predicted molar refractivity (Wildman–Crippen MR) is 111 cm³/mol.